The normalized spacial score (nSPS) is 21.8. The average Bonchev–Trinajstić information content (AvgIpc) is 2.15. The van der Waals surface area contributed by atoms with Crippen LogP contribution in [0.5, 0.6) is 0 Å². The van der Waals surface area contributed by atoms with Crippen molar-refractivity contribution < 1.29 is 4.79 Å². The van der Waals surface area contributed by atoms with Gasteiger partial charge in [-0.15, -0.1) is 12.4 Å². The summed E-state index contributed by atoms with van der Waals surface area (Å²) in [6.07, 6.45) is 2.36. The highest BCUT2D eigenvalue weighted by molar-refractivity contribution is 5.85. The van der Waals surface area contributed by atoms with E-state index in [1.807, 2.05) is 20.8 Å². The lowest BCUT2D eigenvalue weighted by Gasteiger charge is -2.32. The number of likely N-dealkylation sites (tertiary alicyclic amines) is 1. The molecule has 17 heavy (non-hydrogen) atoms. The van der Waals surface area contributed by atoms with E-state index in [0.29, 0.717) is 12.5 Å². The summed E-state index contributed by atoms with van der Waals surface area (Å²) in [6, 6.07) is 0. The predicted molar refractivity (Wildman–Crippen MR) is 73.4 cm³/mol. The van der Waals surface area contributed by atoms with Crippen molar-refractivity contribution in [3.63, 3.8) is 0 Å². The van der Waals surface area contributed by atoms with Crippen LogP contribution >= 0.6 is 12.4 Å². The van der Waals surface area contributed by atoms with E-state index in [9.17, 15) is 4.79 Å². The topological polar surface area (TPSA) is 58.4 Å². The summed E-state index contributed by atoms with van der Waals surface area (Å²) >= 11 is 0. The summed E-state index contributed by atoms with van der Waals surface area (Å²) in [5.74, 6) is 0.682. The molecule has 1 fully saturated rings. The molecule has 1 amide bonds. The van der Waals surface area contributed by atoms with Crippen molar-refractivity contribution in [2.75, 3.05) is 26.2 Å². The highest BCUT2D eigenvalue weighted by Crippen LogP contribution is 2.14. The van der Waals surface area contributed by atoms with Crippen molar-refractivity contribution >= 4 is 18.3 Å². The molecule has 0 aliphatic carbocycles. The molecule has 102 valence electrons. The largest absolute Gasteiger partial charge is 0.350 e. The highest BCUT2D eigenvalue weighted by Gasteiger charge is 2.22. The fourth-order valence-corrected chi connectivity index (χ4v) is 2.15. The third-order valence-electron chi connectivity index (χ3n) is 2.82. The Morgan fingerprint density at radius 1 is 1.47 bits per heavy atom. The van der Waals surface area contributed by atoms with Crippen LogP contribution in [0, 0.1) is 5.92 Å². The van der Waals surface area contributed by atoms with Gasteiger partial charge < -0.3 is 11.1 Å². The summed E-state index contributed by atoms with van der Waals surface area (Å²) in [7, 11) is 0. The smallest absolute Gasteiger partial charge is 0.234 e. The highest BCUT2D eigenvalue weighted by atomic mass is 35.5. The van der Waals surface area contributed by atoms with Crippen LogP contribution in [0.15, 0.2) is 0 Å². The molecule has 1 saturated heterocycles. The summed E-state index contributed by atoms with van der Waals surface area (Å²) in [4.78, 5) is 13.9. The van der Waals surface area contributed by atoms with Crippen molar-refractivity contribution in [2.45, 2.75) is 39.2 Å². The standard InChI is InChI=1S/C12H25N3O.ClH/c1-12(2,3)14-11(16)9-15-6-4-5-10(7-13)8-15;/h10H,4-9,13H2,1-3H3,(H,14,16);1H. The molecule has 1 aliphatic heterocycles. The molecule has 1 aliphatic rings. The first-order chi connectivity index (χ1) is 7.40. The molecule has 1 atom stereocenters. The number of hydrogen-bond donors (Lipinski definition) is 2. The fraction of sp³-hybridized carbons (Fsp3) is 0.917. The number of halogens is 1. The second-order valence-electron chi connectivity index (χ2n) is 5.78. The van der Waals surface area contributed by atoms with Crippen LogP contribution in [0.3, 0.4) is 0 Å². The van der Waals surface area contributed by atoms with E-state index in [4.69, 9.17) is 5.73 Å². The Labute approximate surface area is 111 Å². The van der Waals surface area contributed by atoms with E-state index < -0.39 is 0 Å². The Bertz CT molecular complexity index is 240. The Balaban J connectivity index is 0.00000256. The molecule has 0 aromatic rings. The van der Waals surface area contributed by atoms with Crippen LogP contribution < -0.4 is 11.1 Å². The Morgan fingerprint density at radius 2 is 2.12 bits per heavy atom. The lowest BCUT2D eigenvalue weighted by Crippen LogP contribution is -2.48. The first kappa shape index (κ1) is 16.7. The van der Waals surface area contributed by atoms with Gasteiger partial charge in [-0.2, -0.15) is 0 Å². The molecule has 3 N–H and O–H groups in total. The molecule has 0 saturated carbocycles. The molecule has 1 unspecified atom stereocenters. The van der Waals surface area contributed by atoms with Gasteiger partial charge in [0.05, 0.1) is 6.54 Å². The minimum absolute atomic E-state index is 0. The van der Waals surface area contributed by atoms with Gasteiger partial charge in [0.15, 0.2) is 0 Å². The van der Waals surface area contributed by atoms with Gasteiger partial charge in [-0.05, 0) is 52.6 Å². The van der Waals surface area contributed by atoms with Crippen LogP contribution in [-0.2, 0) is 4.79 Å². The summed E-state index contributed by atoms with van der Waals surface area (Å²) in [6.45, 7) is 9.24. The fourth-order valence-electron chi connectivity index (χ4n) is 2.15. The maximum atomic E-state index is 11.7. The number of carbonyl (C=O) groups is 1. The van der Waals surface area contributed by atoms with Crippen molar-refractivity contribution in [2.24, 2.45) is 11.7 Å². The number of nitrogens with one attached hydrogen (secondary N) is 1. The first-order valence-corrected chi connectivity index (χ1v) is 6.14. The monoisotopic (exact) mass is 263 g/mol. The average molecular weight is 264 g/mol. The molecular weight excluding hydrogens is 238 g/mol. The Kier molecular flexibility index (Phi) is 7.05. The lowest BCUT2D eigenvalue weighted by molar-refractivity contribution is -0.124. The molecule has 5 heteroatoms. The zero-order valence-electron chi connectivity index (χ0n) is 11.2. The molecule has 0 aromatic carbocycles. The van der Waals surface area contributed by atoms with Crippen molar-refractivity contribution in [3.8, 4) is 0 Å². The SMILES string of the molecule is CC(C)(C)NC(=O)CN1CCCC(CN)C1.Cl. The second kappa shape index (κ2) is 7.19. The molecule has 4 nitrogen and oxygen atoms in total. The zero-order valence-corrected chi connectivity index (χ0v) is 12.0. The van der Waals surface area contributed by atoms with Gasteiger partial charge in [-0.25, -0.2) is 0 Å². The van der Waals surface area contributed by atoms with Crippen molar-refractivity contribution in [1.29, 1.82) is 0 Å². The number of carbonyl (C=O) groups excluding carboxylic acids is 1. The molecular formula is C12H26ClN3O. The van der Waals surface area contributed by atoms with E-state index in [2.05, 4.69) is 10.2 Å². The van der Waals surface area contributed by atoms with Crippen LogP contribution in [0.4, 0.5) is 0 Å². The van der Waals surface area contributed by atoms with Gasteiger partial charge >= 0.3 is 0 Å². The van der Waals surface area contributed by atoms with Crippen LogP contribution in [-0.4, -0.2) is 42.5 Å². The van der Waals surface area contributed by atoms with Gasteiger partial charge in [-0.3, -0.25) is 9.69 Å². The second-order valence-corrected chi connectivity index (χ2v) is 5.78. The molecule has 0 aromatic heterocycles. The number of rotatable bonds is 3. The van der Waals surface area contributed by atoms with E-state index >= 15 is 0 Å². The molecule has 1 heterocycles. The third kappa shape index (κ3) is 6.86. The minimum Gasteiger partial charge on any atom is -0.350 e. The van der Waals surface area contributed by atoms with E-state index in [-0.39, 0.29) is 23.9 Å². The molecule has 0 bridgehead atoms. The van der Waals surface area contributed by atoms with E-state index in [0.717, 1.165) is 26.1 Å². The molecule has 0 spiro atoms. The van der Waals surface area contributed by atoms with Crippen molar-refractivity contribution in [1.82, 2.24) is 10.2 Å². The molecule has 0 radical (unpaired) electrons. The number of piperidine rings is 1. The van der Waals surface area contributed by atoms with E-state index in [1.54, 1.807) is 0 Å². The molecule has 1 rings (SSSR count). The van der Waals surface area contributed by atoms with Gasteiger partial charge in [-0.1, -0.05) is 0 Å². The van der Waals surface area contributed by atoms with Crippen LogP contribution in [0.25, 0.3) is 0 Å². The Hall–Kier alpha value is -0.320. The van der Waals surface area contributed by atoms with Gasteiger partial charge in [0.1, 0.15) is 0 Å². The maximum Gasteiger partial charge on any atom is 0.234 e. The summed E-state index contributed by atoms with van der Waals surface area (Å²) in [5.41, 5.74) is 5.53. The lowest BCUT2D eigenvalue weighted by atomic mass is 9.98. The van der Waals surface area contributed by atoms with Crippen LogP contribution in [0.2, 0.25) is 0 Å². The number of nitrogens with two attached hydrogens (primary N) is 1. The van der Waals surface area contributed by atoms with Crippen molar-refractivity contribution in [3.05, 3.63) is 0 Å². The predicted octanol–water partition coefficient (Wildman–Crippen LogP) is 0.994. The summed E-state index contributed by atoms with van der Waals surface area (Å²) < 4.78 is 0. The first-order valence-electron chi connectivity index (χ1n) is 6.14. The van der Waals surface area contributed by atoms with Gasteiger partial charge in [0.2, 0.25) is 5.91 Å². The maximum absolute atomic E-state index is 11.7. The minimum atomic E-state index is -0.139. The van der Waals surface area contributed by atoms with Gasteiger partial charge in [0.25, 0.3) is 0 Å². The zero-order chi connectivity index (χ0) is 12.2. The number of nitrogens with zero attached hydrogens (tertiary/aromatic N) is 1. The quantitative estimate of drug-likeness (QED) is 0.799. The number of amides is 1. The number of hydrogen-bond acceptors (Lipinski definition) is 3. The third-order valence-corrected chi connectivity index (χ3v) is 2.82. The van der Waals surface area contributed by atoms with E-state index in [1.165, 1.54) is 6.42 Å². The summed E-state index contributed by atoms with van der Waals surface area (Å²) in [5, 5.41) is 2.99. The van der Waals surface area contributed by atoms with Crippen LogP contribution in [0.1, 0.15) is 33.6 Å². The van der Waals surface area contributed by atoms with Gasteiger partial charge in [0, 0.05) is 12.1 Å². The Morgan fingerprint density at radius 3 is 2.65 bits per heavy atom.